The van der Waals surface area contributed by atoms with E-state index < -0.39 is 17.6 Å². The van der Waals surface area contributed by atoms with Crippen molar-refractivity contribution in [3.8, 4) is 0 Å². The van der Waals surface area contributed by atoms with Crippen molar-refractivity contribution in [1.29, 1.82) is 0 Å². The number of carbonyl (C=O) groups excluding carboxylic acids is 2. The molecule has 7 nitrogen and oxygen atoms in total. The summed E-state index contributed by atoms with van der Waals surface area (Å²) in [5.74, 6) is -0.642. The molecule has 1 aliphatic heterocycles. The summed E-state index contributed by atoms with van der Waals surface area (Å²) < 4.78 is 40.9. The van der Waals surface area contributed by atoms with Crippen LogP contribution in [0.3, 0.4) is 0 Å². The van der Waals surface area contributed by atoms with Gasteiger partial charge in [0, 0.05) is 30.4 Å². The third-order valence-electron chi connectivity index (χ3n) is 5.50. The molecule has 1 aliphatic rings. The number of benzene rings is 1. The van der Waals surface area contributed by atoms with E-state index in [0.29, 0.717) is 11.3 Å². The van der Waals surface area contributed by atoms with E-state index in [-0.39, 0.29) is 47.4 Å². The second-order valence-corrected chi connectivity index (χ2v) is 7.76. The van der Waals surface area contributed by atoms with E-state index in [0.717, 1.165) is 6.07 Å². The number of hydrogen-bond acceptors (Lipinski definition) is 5. The zero-order valence-corrected chi connectivity index (χ0v) is 17.3. The van der Waals surface area contributed by atoms with Crippen molar-refractivity contribution in [2.24, 2.45) is 0 Å². The lowest BCUT2D eigenvalue weighted by molar-refractivity contribution is -0.138. The minimum atomic E-state index is -4.47. The number of ketones is 1. The largest absolute Gasteiger partial charge is 0.416 e. The van der Waals surface area contributed by atoms with E-state index in [1.807, 2.05) is 6.92 Å². The Labute approximate surface area is 181 Å². The first kappa shape index (κ1) is 21.5. The van der Waals surface area contributed by atoms with Crippen LogP contribution in [0.15, 0.2) is 42.7 Å². The highest BCUT2D eigenvalue weighted by Crippen LogP contribution is 2.35. The van der Waals surface area contributed by atoms with Gasteiger partial charge in [0.2, 0.25) is 0 Å². The van der Waals surface area contributed by atoms with Crippen molar-refractivity contribution in [2.45, 2.75) is 32.5 Å². The maximum atomic E-state index is 13.3. The minimum Gasteiger partial charge on any atom is -0.383 e. The Balaban J connectivity index is 1.67. The van der Waals surface area contributed by atoms with Crippen LogP contribution in [0.1, 0.15) is 50.5 Å². The maximum Gasteiger partial charge on any atom is 0.416 e. The van der Waals surface area contributed by atoms with Gasteiger partial charge in [0.1, 0.15) is 11.5 Å². The number of nitrogen functional groups attached to an aromatic ring is 1. The molecule has 32 heavy (non-hydrogen) atoms. The monoisotopic (exact) mass is 443 g/mol. The van der Waals surface area contributed by atoms with Crippen LogP contribution in [0.2, 0.25) is 0 Å². The molecule has 3 heterocycles. The number of rotatable bonds is 4. The Hall–Kier alpha value is -3.69. The standard InChI is InChI=1S/C22H20F3N5O2/c1-12-8-15(5-6-17(12)22(23,24)25)29-11-13(2)30-19(21(29)32)14(10-28-30)9-18(31)16-4-3-7-27-20(16)26/h3-8,10,13H,9,11H2,1-2H3,(H2,26,27)/t13-/m0/s1. The van der Waals surface area contributed by atoms with Crippen molar-refractivity contribution in [3.63, 3.8) is 0 Å². The number of nitrogens with two attached hydrogens (primary N) is 1. The fourth-order valence-electron chi connectivity index (χ4n) is 3.93. The molecule has 0 bridgehead atoms. The summed E-state index contributed by atoms with van der Waals surface area (Å²) in [6.07, 6.45) is -1.63. The summed E-state index contributed by atoms with van der Waals surface area (Å²) in [5.41, 5.74) is 6.32. The average molecular weight is 443 g/mol. The molecule has 1 amide bonds. The third-order valence-corrected chi connectivity index (χ3v) is 5.50. The predicted molar refractivity (Wildman–Crippen MR) is 111 cm³/mol. The van der Waals surface area contributed by atoms with Gasteiger partial charge in [-0.05, 0) is 49.7 Å². The van der Waals surface area contributed by atoms with Crippen LogP contribution in [0.4, 0.5) is 24.7 Å². The molecule has 166 valence electrons. The molecule has 4 rings (SSSR count). The van der Waals surface area contributed by atoms with Crippen LogP contribution in [0.5, 0.6) is 0 Å². The molecule has 1 atom stereocenters. The predicted octanol–water partition coefficient (Wildman–Crippen LogP) is 3.83. The zero-order valence-electron chi connectivity index (χ0n) is 17.3. The number of pyridine rings is 1. The number of Topliss-reactive ketones (excluding diaryl/α,β-unsaturated/α-hetero) is 1. The summed E-state index contributed by atoms with van der Waals surface area (Å²) in [6, 6.07) is 6.53. The first-order valence-electron chi connectivity index (χ1n) is 9.87. The van der Waals surface area contributed by atoms with Crippen LogP contribution < -0.4 is 10.6 Å². The Morgan fingerprint density at radius 2 is 2.03 bits per heavy atom. The molecule has 0 radical (unpaired) electrons. The molecule has 0 fully saturated rings. The van der Waals surface area contributed by atoms with E-state index in [9.17, 15) is 22.8 Å². The van der Waals surface area contributed by atoms with E-state index in [4.69, 9.17) is 5.73 Å². The smallest absolute Gasteiger partial charge is 0.383 e. The summed E-state index contributed by atoms with van der Waals surface area (Å²) in [6.45, 7) is 3.44. The van der Waals surface area contributed by atoms with Gasteiger partial charge in [-0.1, -0.05) is 0 Å². The molecule has 0 saturated carbocycles. The number of nitrogens with zero attached hydrogens (tertiary/aromatic N) is 4. The van der Waals surface area contributed by atoms with E-state index in [1.54, 1.807) is 16.8 Å². The van der Waals surface area contributed by atoms with Gasteiger partial charge in [-0.25, -0.2) is 4.98 Å². The number of halogens is 3. The number of aryl methyl sites for hydroxylation is 1. The van der Waals surface area contributed by atoms with Crippen LogP contribution in [-0.2, 0) is 12.6 Å². The number of carbonyl (C=O) groups is 2. The van der Waals surface area contributed by atoms with Gasteiger partial charge >= 0.3 is 6.18 Å². The first-order valence-corrected chi connectivity index (χ1v) is 9.87. The number of fused-ring (bicyclic) bond motifs is 1. The Kier molecular flexibility index (Phi) is 5.23. The Bertz CT molecular complexity index is 1220. The fourth-order valence-corrected chi connectivity index (χ4v) is 3.93. The summed E-state index contributed by atoms with van der Waals surface area (Å²) >= 11 is 0. The van der Waals surface area contributed by atoms with Crippen molar-refractivity contribution >= 4 is 23.2 Å². The minimum absolute atomic E-state index is 0.0250. The highest BCUT2D eigenvalue weighted by molar-refractivity contribution is 6.08. The molecule has 0 unspecified atom stereocenters. The zero-order chi connectivity index (χ0) is 23.2. The van der Waals surface area contributed by atoms with E-state index in [2.05, 4.69) is 10.1 Å². The first-order chi connectivity index (χ1) is 15.1. The lowest BCUT2D eigenvalue weighted by atomic mass is 10.0. The van der Waals surface area contributed by atoms with Crippen LogP contribution in [0.25, 0.3) is 0 Å². The number of hydrogen-bond donors (Lipinski definition) is 1. The average Bonchev–Trinajstić information content (AvgIpc) is 3.14. The summed E-state index contributed by atoms with van der Waals surface area (Å²) in [4.78, 5) is 31.4. The highest BCUT2D eigenvalue weighted by atomic mass is 19.4. The lowest BCUT2D eigenvalue weighted by Crippen LogP contribution is -2.43. The van der Waals surface area contributed by atoms with Crippen molar-refractivity contribution in [2.75, 3.05) is 17.2 Å². The molecule has 0 spiro atoms. The molecule has 10 heteroatoms. The van der Waals surface area contributed by atoms with Crippen molar-refractivity contribution in [3.05, 3.63) is 70.7 Å². The molecule has 1 aromatic carbocycles. The van der Waals surface area contributed by atoms with Crippen molar-refractivity contribution in [1.82, 2.24) is 14.8 Å². The fraction of sp³-hybridized carbons (Fsp3) is 0.273. The Morgan fingerprint density at radius 3 is 2.69 bits per heavy atom. The third kappa shape index (κ3) is 3.72. The maximum absolute atomic E-state index is 13.3. The molecule has 0 saturated heterocycles. The molecule has 2 aromatic heterocycles. The van der Waals surface area contributed by atoms with Crippen molar-refractivity contribution < 1.29 is 22.8 Å². The lowest BCUT2D eigenvalue weighted by Gasteiger charge is -2.32. The van der Waals surface area contributed by atoms with Gasteiger partial charge in [0.25, 0.3) is 5.91 Å². The normalized spacial score (nSPS) is 16.2. The SMILES string of the molecule is Cc1cc(N2C[C@H](C)n3ncc(CC(=O)c4cccnc4N)c3C2=O)ccc1C(F)(F)F. The second-order valence-electron chi connectivity index (χ2n) is 7.76. The topological polar surface area (TPSA) is 94.1 Å². The number of aromatic nitrogens is 3. The highest BCUT2D eigenvalue weighted by Gasteiger charge is 2.36. The van der Waals surface area contributed by atoms with Gasteiger partial charge in [-0.2, -0.15) is 18.3 Å². The van der Waals surface area contributed by atoms with Crippen LogP contribution in [0, 0.1) is 6.92 Å². The van der Waals surface area contributed by atoms with Crippen LogP contribution in [-0.4, -0.2) is 33.0 Å². The molecule has 3 aromatic rings. The van der Waals surface area contributed by atoms with Crippen LogP contribution >= 0.6 is 0 Å². The van der Waals surface area contributed by atoms with Gasteiger partial charge in [0.05, 0.1) is 23.4 Å². The quantitative estimate of drug-likeness (QED) is 0.619. The molecular formula is C22H20F3N5O2. The van der Waals surface area contributed by atoms with E-state index in [1.165, 1.54) is 36.4 Å². The molecule has 0 aliphatic carbocycles. The molecular weight excluding hydrogens is 423 g/mol. The second kappa shape index (κ2) is 7.77. The van der Waals surface area contributed by atoms with Gasteiger partial charge in [-0.3, -0.25) is 14.3 Å². The number of anilines is 2. The van der Waals surface area contributed by atoms with Gasteiger partial charge < -0.3 is 10.6 Å². The summed E-state index contributed by atoms with van der Waals surface area (Å²) in [5, 5.41) is 4.27. The van der Waals surface area contributed by atoms with Gasteiger partial charge in [0.15, 0.2) is 5.78 Å². The van der Waals surface area contributed by atoms with Gasteiger partial charge in [-0.15, -0.1) is 0 Å². The number of amides is 1. The molecule has 2 N–H and O–H groups in total. The number of alkyl halides is 3. The summed E-state index contributed by atoms with van der Waals surface area (Å²) in [7, 11) is 0. The Morgan fingerprint density at radius 1 is 1.28 bits per heavy atom. The van der Waals surface area contributed by atoms with E-state index >= 15 is 0 Å².